The van der Waals surface area contributed by atoms with Gasteiger partial charge >= 0.3 is 5.97 Å². The highest BCUT2D eigenvalue weighted by atomic mass is 16.6. The van der Waals surface area contributed by atoms with Gasteiger partial charge in [-0.2, -0.15) is 0 Å². The molecular formula is C53H83NO12. The molecule has 13 nitrogen and oxygen atoms in total. The Morgan fingerprint density at radius 2 is 1.62 bits per heavy atom. The number of piperidine rings is 1. The van der Waals surface area contributed by atoms with Crippen molar-refractivity contribution in [2.24, 2.45) is 47.3 Å². The van der Waals surface area contributed by atoms with Crippen LogP contribution >= 0.6 is 0 Å². The van der Waals surface area contributed by atoms with E-state index < -0.39 is 71.7 Å². The Bertz CT molecular complexity index is 1770. The van der Waals surface area contributed by atoms with Gasteiger partial charge in [-0.25, -0.2) is 4.79 Å². The largest absolute Gasteiger partial charge is 0.460 e. The maximum Gasteiger partial charge on any atom is 0.329 e. The fraction of sp³-hybridized carbons (Fsp3) is 0.755. The molecule has 4 rings (SSSR count). The predicted octanol–water partition coefficient (Wildman–Crippen LogP) is 7.44. The molecule has 1 saturated carbocycles. The number of methoxy groups -OCH3 is 1. The number of fused-ring (bicyclic) bond motifs is 3. The van der Waals surface area contributed by atoms with Crippen molar-refractivity contribution in [1.82, 2.24) is 4.90 Å². The lowest BCUT2D eigenvalue weighted by Crippen LogP contribution is -2.61. The number of allylic oxidation sites excluding steroid dienone is 6. The number of aliphatic hydroxyl groups excluding tert-OH is 2. The number of Topliss-reactive ketones (excluding diaryl/α,β-unsaturated/α-hetero) is 3. The Balaban J connectivity index is 1.67. The van der Waals surface area contributed by atoms with E-state index in [9.17, 15) is 39.3 Å². The number of nitrogens with zero attached hydrogens (tertiary/aromatic N) is 1. The van der Waals surface area contributed by atoms with Crippen molar-refractivity contribution in [2.45, 2.75) is 182 Å². The minimum atomic E-state index is -2.41. The molecule has 13 heteroatoms. The standard InChI is InChI=1S/C53H83NO12/c1-32-16-12-11-13-17-33(2)46(63-10)30-42-21-19-39(8)53(62,66-42)50(59)51(60)54-23-15-14-18-43(54)52(61)65-47(36(5)29-41-20-22-45(35(4)28-41)64-25-24-55)31-44(56)34(3)27-38(7)49(58)40(9)48(57)37(6)26-32/h11-13,16-17,27,32,34-37,39-43,45-47,49,55,58,62H,14-15,18-26,28-31H2,1-10H3/b13-11?,16-12+,33-17?,38-27+/t32-,34-,35-,36-,37-,39-,40?,41-,42+,43+,45?,46+,47+,49-,53-/m1/s1. The number of hydrogen-bond donors (Lipinski definition) is 3. The van der Waals surface area contributed by atoms with Gasteiger partial charge in [-0.3, -0.25) is 19.2 Å². The second kappa shape index (κ2) is 25.9. The summed E-state index contributed by atoms with van der Waals surface area (Å²) in [6.45, 7) is 17.2. The van der Waals surface area contributed by atoms with Crippen LogP contribution in [0.3, 0.4) is 0 Å². The predicted molar refractivity (Wildman–Crippen MR) is 253 cm³/mol. The number of ketones is 3. The van der Waals surface area contributed by atoms with Crippen LogP contribution in [0.2, 0.25) is 0 Å². The van der Waals surface area contributed by atoms with E-state index in [-0.39, 0.29) is 79.9 Å². The van der Waals surface area contributed by atoms with Gasteiger partial charge in [0.05, 0.1) is 37.6 Å². The number of carbonyl (C=O) groups excluding carboxylic acids is 5. The van der Waals surface area contributed by atoms with Gasteiger partial charge < -0.3 is 39.2 Å². The average Bonchev–Trinajstić information content (AvgIpc) is 3.29. The normalized spacial score (nSPS) is 38.7. The summed E-state index contributed by atoms with van der Waals surface area (Å²) < 4.78 is 24.2. The van der Waals surface area contributed by atoms with Crippen molar-refractivity contribution >= 4 is 29.2 Å². The number of aliphatic hydroxyl groups is 3. The lowest BCUT2D eigenvalue weighted by Gasteiger charge is -2.42. The van der Waals surface area contributed by atoms with Gasteiger partial charge in [0.1, 0.15) is 23.7 Å². The summed E-state index contributed by atoms with van der Waals surface area (Å²) >= 11 is 0. The number of amides is 1. The third-order valence-corrected chi connectivity index (χ3v) is 15.0. The summed E-state index contributed by atoms with van der Waals surface area (Å²) in [6.07, 6.45) is 14.9. The molecule has 4 aliphatic rings. The van der Waals surface area contributed by atoms with Crippen molar-refractivity contribution in [3.05, 3.63) is 47.6 Å². The van der Waals surface area contributed by atoms with E-state index >= 15 is 0 Å². The van der Waals surface area contributed by atoms with E-state index in [0.717, 1.165) is 24.8 Å². The molecule has 2 bridgehead atoms. The van der Waals surface area contributed by atoms with Crippen LogP contribution in [0.1, 0.15) is 139 Å². The zero-order valence-electron chi connectivity index (χ0n) is 41.6. The van der Waals surface area contributed by atoms with Crippen molar-refractivity contribution in [3.8, 4) is 0 Å². The van der Waals surface area contributed by atoms with Crippen LogP contribution in [-0.4, -0.2) is 119 Å². The summed E-state index contributed by atoms with van der Waals surface area (Å²) in [4.78, 5) is 71.9. The molecule has 0 radical (unpaired) electrons. The molecule has 3 aliphatic heterocycles. The molecule has 3 N–H and O–H groups in total. The van der Waals surface area contributed by atoms with Crippen LogP contribution < -0.4 is 0 Å². The van der Waals surface area contributed by atoms with Crippen molar-refractivity contribution in [3.63, 3.8) is 0 Å². The van der Waals surface area contributed by atoms with E-state index in [0.29, 0.717) is 50.5 Å². The molecule has 1 aliphatic carbocycles. The Morgan fingerprint density at radius 3 is 2.30 bits per heavy atom. The second-order valence-electron chi connectivity index (χ2n) is 20.5. The van der Waals surface area contributed by atoms with Gasteiger partial charge in [-0.15, -0.1) is 0 Å². The van der Waals surface area contributed by atoms with Gasteiger partial charge in [-0.05, 0) is 113 Å². The molecule has 0 aromatic rings. The molecule has 2 unspecified atom stereocenters. The highest BCUT2D eigenvalue weighted by Crippen LogP contribution is 2.38. The van der Waals surface area contributed by atoms with Gasteiger partial charge in [-0.1, -0.05) is 84.9 Å². The molecule has 1 amide bonds. The minimum Gasteiger partial charge on any atom is -0.460 e. The first-order valence-corrected chi connectivity index (χ1v) is 24.9. The first kappa shape index (κ1) is 55.3. The van der Waals surface area contributed by atoms with Gasteiger partial charge in [0.25, 0.3) is 11.7 Å². The zero-order chi connectivity index (χ0) is 48.9. The van der Waals surface area contributed by atoms with E-state index in [1.165, 1.54) is 4.90 Å². The number of hydrogen-bond acceptors (Lipinski definition) is 12. The van der Waals surface area contributed by atoms with E-state index in [2.05, 4.69) is 6.92 Å². The van der Waals surface area contributed by atoms with Crippen molar-refractivity contribution in [1.29, 1.82) is 0 Å². The molecule has 15 atom stereocenters. The highest BCUT2D eigenvalue weighted by Gasteiger charge is 2.53. The van der Waals surface area contributed by atoms with E-state index in [1.807, 2.05) is 58.1 Å². The van der Waals surface area contributed by atoms with Gasteiger partial charge in [0.2, 0.25) is 5.79 Å². The Hall–Kier alpha value is -3.33. The van der Waals surface area contributed by atoms with Gasteiger partial charge in [0.15, 0.2) is 0 Å². The highest BCUT2D eigenvalue weighted by molar-refractivity contribution is 6.39. The average molecular weight is 926 g/mol. The second-order valence-corrected chi connectivity index (χ2v) is 20.5. The smallest absolute Gasteiger partial charge is 0.329 e. The Morgan fingerprint density at radius 1 is 0.894 bits per heavy atom. The first-order chi connectivity index (χ1) is 31.2. The zero-order valence-corrected chi connectivity index (χ0v) is 41.6. The third kappa shape index (κ3) is 14.8. The fourth-order valence-corrected chi connectivity index (χ4v) is 10.7. The quantitative estimate of drug-likeness (QED) is 0.130. The molecule has 0 aromatic heterocycles. The molecule has 66 heavy (non-hydrogen) atoms. The summed E-state index contributed by atoms with van der Waals surface area (Å²) in [5.74, 6) is -7.57. The van der Waals surface area contributed by atoms with Crippen LogP contribution in [0.15, 0.2) is 47.6 Å². The minimum absolute atomic E-state index is 0.0395. The van der Waals surface area contributed by atoms with E-state index in [1.54, 1.807) is 40.9 Å². The number of carbonyl (C=O) groups is 5. The number of rotatable bonds is 7. The molecule has 372 valence electrons. The fourth-order valence-electron chi connectivity index (χ4n) is 10.7. The third-order valence-electron chi connectivity index (χ3n) is 15.0. The SMILES string of the molecule is CO[C@H]1C[C@@H]2CC[C@@H](C)[C@@](O)(O2)C(=O)C(=O)N2CCCC[C@H]2C(=O)O[C@H]([C@H](C)C[C@@H]2CCC(OCCO)[C@H](C)C2)CC(=O)[C@H](C)/C=C(\C)[C@@H](O)C(C)C(=O)[C@H](C)C[C@H](C)/C=C/C=CC=C1C. The molecule has 0 spiro atoms. The van der Waals surface area contributed by atoms with Crippen LogP contribution in [-0.2, 0) is 42.9 Å². The topological polar surface area (TPSA) is 186 Å². The number of ether oxygens (including phenoxy) is 4. The monoisotopic (exact) mass is 926 g/mol. The van der Waals surface area contributed by atoms with Crippen LogP contribution in [0.5, 0.6) is 0 Å². The summed E-state index contributed by atoms with van der Waals surface area (Å²) in [5, 5.41) is 32.7. The summed E-state index contributed by atoms with van der Waals surface area (Å²) in [7, 11) is 1.59. The van der Waals surface area contributed by atoms with E-state index in [4.69, 9.17) is 18.9 Å². The Kier molecular flexibility index (Phi) is 21.7. The molecule has 0 aromatic carbocycles. The summed E-state index contributed by atoms with van der Waals surface area (Å²) in [5.41, 5.74) is 1.40. The molecule has 3 fully saturated rings. The maximum absolute atomic E-state index is 14.4. The lowest BCUT2D eigenvalue weighted by molar-refractivity contribution is -0.265. The molecular weight excluding hydrogens is 843 g/mol. The number of esters is 1. The first-order valence-electron chi connectivity index (χ1n) is 24.9. The molecule has 2 saturated heterocycles. The molecule has 3 heterocycles. The van der Waals surface area contributed by atoms with Gasteiger partial charge in [0, 0.05) is 50.2 Å². The lowest BCUT2D eigenvalue weighted by atomic mass is 9.75. The Labute approximate surface area is 394 Å². The van der Waals surface area contributed by atoms with Crippen molar-refractivity contribution in [2.75, 3.05) is 26.9 Å². The maximum atomic E-state index is 14.4. The van der Waals surface area contributed by atoms with Crippen LogP contribution in [0, 0.1) is 47.3 Å². The van der Waals surface area contributed by atoms with Crippen LogP contribution in [0.4, 0.5) is 0 Å². The summed E-state index contributed by atoms with van der Waals surface area (Å²) in [6, 6.07) is -1.11. The van der Waals surface area contributed by atoms with Crippen LogP contribution in [0.25, 0.3) is 0 Å². The van der Waals surface area contributed by atoms with Crippen molar-refractivity contribution < 1.29 is 58.2 Å². The number of cyclic esters (lactones) is 1.